The molecule has 1 heterocycles. The smallest absolute Gasteiger partial charge is 0.272 e. The summed E-state index contributed by atoms with van der Waals surface area (Å²) in [5.74, 6) is 0.512. The van der Waals surface area contributed by atoms with E-state index < -0.39 is 4.92 Å². The normalized spacial score (nSPS) is 14.9. The van der Waals surface area contributed by atoms with E-state index in [4.69, 9.17) is 0 Å². The summed E-state index contributed by atoms with van der Waals surface area (Å²) in [6.07, 6.45) is 2.41. The van der Waals surface area contributed by atoms with E-state index in [0.29, 0.717) is 16.8 Å². The highest BCUT2D eigenvalue weighted by molar-refractivity contribution is 6.04. The van der Waals surface area contributed by atoms with Gasteiger partial charge < -0.3 is 10.2 Å². The highest BCUT2D eigenvalue weighted by Crippen LogP contribution is 2.25. The molecule has 0 spiro atoms. The van der Waals surface area contributed by atoms with Crippen molar-refractivity contribution in [3.8, 4) is 0 Å². The van der Waals surface area contributed by atoms with E-state index in [9.17, 15) is 14.9 Å². The summed E-state index contributed by atoms with van der Waals surface area (Å²) in [4.78, 5) is 25.2. The molecule has 3 rings (SSSR count). The SMILES string of the molecule is Cc1cc(C(=O)Nc2ccc(N3CCC(C)CC3)cc2)ccc1[N+](=O)[O-]. The largest absolute Gasteiger partial charge is 0.372 e. The van der Waals surface area contributed by atoms with Crippen LogP contribution in [-0.4, -0.2) is 23.9 Å². The first-order chi connectivity index (χ1) is 12.4. The number of piperidine rings is 1. The molecule has 1 aliphatic heterocycles. The van der Waals surface area contributed by atoms with Gasteiger partial charge in [-0.1, -0.05) is 6.92 Å². The van der Waals surface area contributed by atoms with Crippen LogP contribution in [0.15, 0.2) is 42.5 Å². The standard InChI is InChI=1S/C20H23N3O3/c1-14-9-11-22(12-10-14)18-6-4-17(5-7-18)21-20(24)16-3-8-19(23(25)26)15(2)13-16/h3-8,13-14H,9-12H2,1-2H3,(H,21,24). The summed E-state index contributed by atoms with van der Waals surface area (Å²) in [6, 6.07) is 12.2. The molecule has 0 unspecified atom stereocenters. The average molecular weight is 353 g/mol. The lowest BCUT2D eigenvalue weighted by Gasteiger charge is -2.32. The van der Waals surface area contributed by atoms with E-state index in [1.54, 1.807) is 6.92 Å². The molecule has 1 amide bonds. The van der Waals surface area contributed by atoms with Crippen molar-refractivity contribution in [2.75, 3.05) is 23.3 Å². The molecule has 2 aromatic rings. The molecule has 6 heteroatoms. The molecule has 1 fully saturated rings. The van der Waals surface area contributed by atoms with Crippen LogP contribution in [-0.2, 0) is 0 Å². The van der Waals surface area contributed by atoms with Crippen LogP contribution in [0.1, 0.15) is 35.7 Å². The Morgan fingerprint density at radius 3 is 2.38 bits per heavy atom. The number of benzene rings is 2. The Hall–Kier alpha value is -2.89. The predicted octanol–water partition coefficient (Wildman–Crippen LogP) is 4.39. The van der Waals surface area contributed by atoms with Crippen molar-refractivity contribution in [2.45, 2.75) is 26.7 Å². The third-order valence-corrected chi connectivity index (χ3v) is 4.93. The lowest BCUT2D eigenvalue weighted by atomic mass is 9.99. The van der Waals surface area contributed by atoms with Gasteiger partial charge >= 0.3 is 0 Å². The van der Waals surface area contributed by atoms with Crippen LogP contribution >= 0.6 is 0 Å². The first kappa shape index (κ1) is 17.9. The second kappa shape index (κ2) is 7.56. The fourth-order valence-electron chi connectivity index (χ4n) is 3.23. The summed E-state index contributed by atoms with van der Waals surface area (Å²) in [6.45, 7) is 6.04. The zero-order valence-corrected chi connectivity index (χ0v) is 15.1. The Morgan fingerprint density at radius 2 is 1.81 bits per heavy atom. The summed E-state index contributed by atoms with van der Waals surface area (Å²) in [5, 5.41) is 13.7. The van der Waals surface area contributed by atoms with Gasteiger partial charge in [0.2, 0.25) is 0 Å². The number of amides is 1. The third-order valence-electron chi connectivity index (χ3n) is 4.93. The minimum atomic E-state index is -0.447. The number of hydrogen-bond acceptors (Lipinski definition) is 4. The van der Waals surface area contributed by atoms with Crippen molar-refractivity contribution in [1.82, 2.24) is 0 Å². The number of hydrogen-bond donors (Lipinski definition) is 1. The zero-order chi connectivity index (χ0) is 18.7. The Morgan fingerprint density at radius 1 is 1.15 bits per heavy atom. The first-order valence-corrected chi connectivity index (χ1v) is 8.85. The molecular formula is C20H23N3O3. The number of anilines is 2. The van der Waals surface area contributed by atoms with Crippen LogP contribution in [0, 0.1) is 23.0 Å². The number of nitro groups is 1. The van der Waals surface area contributed by atoms with Gasteiger partial charge in [-0.3, -0.25) is 14.9 Å². The average Bonchev–Trinajstić information content (AvgIpc) is 2.62. The fourth-order valence-corrected chi connectivity index (χ4v) is 3.23. The summed E-state index contributed by atoms with van der Waals surface area (Å²) in [5.41, 5.74) is 2.77. The molecule has 26 heavy (non-hydrogen) atoms. The maximum atomic E-state index is 12.4. The van der Waals surface area contributed by atoms with Crippen LogP contribution in [0.3, 0.4) is 0 Å². The molecule has 0 atom stereocenters. The van der Waals surface area contributed by atoms with Crippen LogP contribution in [0.25, 0.3) is 0 Å². The highest BCUT2D eigenvalue weighted by atomic mass is 16.6. The predicted molar refractivity (Wildman–Crippen MR) is 103 cm³/mol. The number of nitrogens with one attached hydrogen (secondary N) is 1. The van der Waals surface area contributed by atoms with Crippen LogP contribution in [0.4, 0.5) is 17.1 Å². The Labute approximate surface area is 153 Å². The summed E-state index contributed by atoms with van der Waals surface area (Å²) in [7, 11) is 0. The number of carbonyl (C=O) groups is 1. The molecule has 0 radical (unpaired) electrons. The van der Waals surface area contributed by atoms with Gasteiger partial charge in [0.15, 0.2) is 0 Å². The zero-order valence-electron chi connectivity index (χ0n) is 15.1. The number of carbonyl (C=O) groups excluding carboxylic acids is 1. The molecule has 2 aromatic carbocycles. The van der Waals surface area contributed by atoms with E-state index in [1.807, 2.05) is 24.3 Å². The Balaban J connectivity index is 1.66. The van der Waals surface area contributed by atoms with Crippen LogP contribution in [0.2, 0.25) is 0 Å². The molecule has 0 aliphatic carbocycles. The minimum Gasteiger partial charge on any atom is -0.372 e. The van der Waals surface area contributed by atoms with Gasteiger partial charge in [-0.15, -0.1) is 0 Å². The Bertz CT molecular complexity index is 810. The third kappa shape index (κ3) is 4.02. The Kier molecular flexibility index (Phi) is 5.21. The number of rotatable bonds is 4. The van der Waals surface area contributed by atoms with Gasteiger partial charge in [0, 0.05) is 41.7 Å². The van der Waals surface area contributed by atoms with Crippen molar-refractivity contribution >= 4 is 23.0 Å². The maximum Gasteiger partial charge on any atom is 0.272 e. The highest BCUT2D eigenvalue weighted by Gasteiger charge is 2.16. The number of nitrogens with zero attached hydrogens (tertiary/aromatic N) is 2. The van der Waals surface area contributed by atoms with Crippen molar-refractivity contribution in [3.05, 3.63) is 63.7 Å². The van der Waals surface area contributed by atoms with Gasteiger partial charge in [-0.25, -0.2) is 0 Å². The lowest BCUT2D eigenvalue weighted by Crippen LogP contribution is -2.32. The second-order valence-electron chi connectivity index (χ2n) is 6.93. The minimum absolute atomic E-state index is 0.0155. The van der Waals surface area contributed by atoms with Crippen LogP contribution < -0.4 is 10.2 Å². The lowest BCUT2D eigenvalue weighted by molar-refractivity contribution is -0.385. The van der Waals surface area contributed by atoms with E-state index in [-0.39, 0.29) is 11.6 Å². The van der Waals surface area contributed by atoms with Crippen molar-refractivity contribution < 1.29 is 9.72 Å². The molecule has 0 bridgehead atoms. The fraction of sp³-hybridized carbons (Fsp3) is 0.350. The molecule has 0 aromatic heterocycles. The van der Waals surface area contributed by atoms with Gasteiger partial charge in [-0.05, 0) is 62.1 Å². The van der Waals surface area contributed by atoms with E-state index in [2.05, 4.69) is 17.1 Å². The maximum absolute atomic E-state index is 12.4. The number of aryl methyl sites for hydroxylation is 1. The topological polar surface area (TPSA) is 75.5 Å². The monoisotopic (exact) mass is 353 g/mol. The molecular weight excluding hydrogens is 330 g/mol. The van der Waals surface area contributed by atoms with Crippen molar-refractivity contribution in [3.63, 3.8) is 0 Å². The van der Waals surface area contributed by atoms with Gasteiger partial charge in [0.05, 0.1) is 4.92 Å². The van der Waals surface area contributed by atoms with E-state index in [0.717, 1.165) is 19.0 Å². The second-order valence-corrected chi connectivity index (χ2v) is 6.93. The quantitative estimate of drug-likeness (QED) is 0.653. The van der Waals surface area contributed by atoms with Gasteiger partial charge in [-0.2, -0.15) is 0 Å². The van der Waals surface area contributed by atoms with Crippen LogP contribution in [0.5, 0.6) is 0 Å². The van der Waals surface area contributed by atoms with E-state index in [1.165, 1.54) is 36.7 Å². The van der Waals surface area contributed by atoms with Crippen molar-refractivity contribution in [2.24, 2.45) is 5.92 Å². The summed E-state index contributed by atoms with van der Waals surface area (Å²) >= 11 is 0. The molecule has 1 N–H and O–H groups in total. The molecule has 1 aliphatic rings. The first-order valence-electron chi connectivity index (χ1n) is 8.85. The van der Waals surface area contributed by atoms with Crippen molar-refractivity contribution in [1.29, 1.82) is 0 Å². The van der Waals surface area contributed by atoms with E-state index >= 15 is 0 Å². The number of nitro benzene ring substituents is 1. The van der Waals surface area contributed by atoms with Gasteiger partial charge in [0.1, 0.15) is 0 Å². The molecule has 0 saturated carbocycles. The van der Waals surface area contributed by atoms with Gasteiger partial charge in [0.25, 0.3) is 11.6 Å². The molecule has 6 nitrogen and oxygen atoms in total. The molecule has 1 saturated heterocycles. The molecule has 136 valence electrons. The summed E-state index contributed by atoms with van der Waals surface area (Å²) < 4.78 is 0.